The fourth-order valence-corrected chi connectivity index (χ4v) is 22.9. The molecular weight excluding hydrogens is 2720 g/mol. The average Bonchev–Trinajstić information content (AvgIpc) is 1.69. The minimum Gasteiger partial charge on any atom is -0.339 e. The third kappa shape index (κ3) is 21.9. The molecule has 5 radical (unpaired) electrons. The van der Waals surface area contributed by atoms with Crippen LogP contribution in [0.25, 0.3) is 170 Å². The molecule has 0 spiro atoms. The van der Waals surface area contributed by atoms with E-state index in [0.29, 0.717) is 11.8 Å². The number of aromatic nitrogens is 15. The van der Waals surface area contributed by atoms with E-state index in [4.69, 9.17) is 15.0 Å². The Morgan fingerprint density at radius 3 is 0.780 bits per heavy atom. The van der Waals surface area contributed by atoms with Crippen molar-refractivity contribution in [3.63, 3.8) is 0 Å². The molecule has 0 saturated carbocycles. The van der Waals surface area contributed by atoms with Crippen molar-refractivity contribution in [2.24, 2.45) is 0 Å². The maximum absolute atomic E-state index is 4.80. The molecule has 25 heteroatoms. The largest absolute Gasteiger partial charge is 0.339 e. The maximum atomic E-state index is 4.80. The van der Waals surface area contributed by atoms with Crippen LogP contribution in [0.4, 0.5) is 0 Å². The number of benzene rings is 13. The molecule has 0 fully saturated rings. The number of thiazole rings is 5. The summed E-state index contributed by atoms with van der Waals surface area (Å²) in [5, 5.41) is 5.28. The first-order valence-corrected chi connectivity index (χ1v) is 49.4. The quantitative estimate of drug-likeness (QED) is 0.0906. The molecule has 717 valence electrons. The first kappa shape index (κ1) is 105. The molecule has 0 unspecified atom stereocenters. The van der Waals surface area contributed by atoms with Crippen molar-refractivity contribution in [1.82, 2.24) is 72.7 Å². The Kier molecular flexibility index (Phi) is 34.6. The number of fused-ring (bicyclic) bond motifs is 5. The van der Waals surface area contributed by atoms with Gasteiger partial charge in [0.2, 0.25) is 0 Å². The number of rotatable bonds is 15. The van der Waals surface area contributed by atoms with E-state index in [2.05, 4.69) is 334 Å². The number of para-hydroxylation sites is 3. The third-order valence-corrected chi connectivity index (χ3v) is 29.0. The molecule has 0 atom stereocenters. The molecule has 0 aliphatic rings. The molecular formula is C116H98Ir5N15S5-5. The summed E-state index contributed by atoms with van der Waals surface area (Å²) >= 11 is 8.48. The monoisotopic (exact) mass is 2830 g/mol. The molecule has 0 amide bonds. The molecule has 13 aromatic carbocycles. The van der Waals surface area contributed by atoms with Crippen LogP contribution in [0, 0.1) is 113 Å². The van der Waals surface area contributed by atoms with Gasteiger partial charge >= 0.3 is 0 Å². The summed E-state index contributed by atoms with van der Waals surface area (Å²) in [6, 6.07) is 96.8. The van der Waals surface area contributed by atoms with Gasteiger partial charge in [-0.3, -0.25) is 49.8 Å². The number of imidazole rings is 5. The summed E-state index contributed by atoms with van der Waals surface area (Å²) in [6.45, 7) is 34.2. The second-order valence-corrected chi connectivity index (χ2v) is 40.5. The van der Waals surface area contributed by atoms with Crippen LogP contribution in [0.3, 0.4) is 0 Å². The van der Waals surface area contributed by atoms with Crippen LogP contribution in [0.1, 0.15) is 115 Å². The van der Waals surface area contributed by atoms with E-state index in [1.54, 1.807) is 56.7 Å². The van der Waals surface area contributed by atoms with Crippen LogP contribution in [-0.2, 0) is 101 Å². The Morgan fingerprint density at radius 1 is 0.241 bits per heavy atom. The Balaban J connectivity index is 0.000000140. The molecule has 0 saturated heterocycles. The summed E-state index contributed by atoms with van der Waals surface area (Å²) in [7, 11) is 0. The zero-order chi connectivity index (χ0) is 94.1. The number of nitrogens with zero attached hydrogens (tertiary/aromatic N) is 15. The first-order chi connectivity index (χ1) is 66.1. The van der Waals surface area contributed by atoms with Crippen molar-refractivity contribution in [1.29, 1.82) is 0 Å². The van der Waals surface area contributed by atoms with Gasteiger partial charge in [0.25, 0.3) is 0 Å². The molecule has 23 rings (SSSR count). The topological polar surface area (TPSA) is 154 Å². The minimum atomic E-state index is 0. The Hall–Kier alpha value is -11.4. The Morgan fingerprint density at radius 2 is 0.489 bits per heavy atom. The van der Waals surface area contributed by atoms with Gasteiger partial charge in [0.15, 0.2) is 0 Å². The zero-order valence-electron chi connectivity index (χ0n) is 80.3. The first-order valence-electron chi connectivity index (χ1n) is 45.3. The van der Waals surface area contributed by atoms with E-state index in [9.17, 15) is 0 Å². The molecule has 0 bridgehead atoms. The van der Waals surface area contributed by atoms with Crippen LogP contribution >= 0.6 is 56.7 Å². The van der Waals surface area contributed by atoms with Crippen LogP contribution in [0.15, 0.2) is 292 Å². The van der Waals surface area contributed by atoms with E-state index in [-0.39, 0.29) is 101 Å². The number of hydrogen-bond donors (Lipinski definition) is 0. The van der Waals surface area contributed by atoms with Crippen molar-refractivity contribution >= 4 is 108 Å². The van der Waals surface area contributed by atoms with Crippen molar-refractivity contribution in [3.8, 4) is 119 Å². The van der Waals surface area contributed by atoms with E-state index in [1.165, 1.54) is 95.1 Å². The van der Waals surface area contributed by atoms with Gasteiger partial charge in [0.1, 0.15) is 0 Å². The molecule has 10 aromatic heterocycles. The summed E-state index contributed by atoms with van der Waals surface area (Å²) < 4.78 is 16.6. The summed E-state index contributed by atoms with van der Waals surface area (Å²) in [4.78, 5) is 46.6. The zero-order valence-corrected chi connectivity index (χ0v) is 96.3. The van der Waals surface area contributed by atoms with Gasteiger partial charge < -0.3 is 22.8 Å². The predicted octanol–water partition coefficient (Wildman–Crippen LogP) is 30.7. The second-order valence-electron chi connectivity index (χ2n) is 34.4. The number of hydrogen-bond acceptors (Lipinski definition) is 15. The molecule has 0 N–H and O–H groups in total. The SMILES string of the molecule is Cc1cc(C)c(-n2ccnc2-c2[c-]ccc3nc(C)sc23)c(C)c1.Cc1nc2cc[c-]c(-c3nccn3-c3c(-c4ccccc4)cccc3-c3ccccc3)c2s1.Cc1nc2cc[c-]c(-c3nccn3-c3c(C(C)C)cccc3C(C)C)c2s1.Cc1nc2cc[c-]c(-c3nccn3-c3c(C)cc(-c4ccccc4)cc3C)c2s1.Cc1nc2cc[c-]c(-c3nccn3-c3c(C)cccc3C)c2s1.[Ir].[Ir].[Ir].[Ir].[Ir]. The Labute approximate surface area is 910 Å². The normalized spacial score (nSPS) is 11.0. The van der Waals surface area contributed by atoms with E-state index in [1.807, 2.05) is 157 Å². The molecule has 0 aliphatic heterocycles. The van der Waals surface area contributed by atoms with Crippen molar-refractivity contribution in [2.75, 3.05) is 0 Å². The van der Waals surface area contributed by atoms with Crippen molar-refractivity contribution in [2.45, 2.75) is 123 Å². The van der Waals surface area contributed by atoms with Crippen molar-refractivity contribution in [3.05, 3.63) is 398 Å². The average molecular weight is 2820 g/mol. The van der Waals surface area contributed by atoms with E-state index >= 15 is 0 Å². The molecule has 141 heavy (non-hydrogen) atoms. The molecule has 10 heterocycles. The van der Waals surface area contributed by atoms with E-state index in [0.717, 1.165) is 150 Å². The van der Waals surface area contributed by atoms with Crippen molar-refractivity contribution < 1.29 is 101 Å². The molecule has 15 nitrogen and oxygen atoms in total. The fourth-order valence-electron chi connectivity index (χ4n) is 18.4. The third-order valence-electron chi connectivity index (χ3n) is 24.0. The van der Waals surface area contributed by atoms with Gasteiger partial charge in [-0.05, 0) is 225 Å². The molecule has 0 aliphatic carbocycles. The van der Waals surface area contributed by atoms with Gasteiger partial charge in [-0.25, -0.2) is 0 Å². The van der Waals surface area contributed by atoms with Gasteiger partial charge in [0, 0.05) is 196 Å². The van der Waals surface area contributed by atoms with Gasteiger partial charge in [-0.2, -0.15) is 56.7 Å². The molecule has 23 aromatic rings. The van der Waals surface area contributed by atoms with Gasteiger partial charge in [0.05, 0.1) is 59.8 Å². The standard InChI is InChI=1S/C29H20N3S.C25H20N3S.C23H24N3S.C20H18N3S.C19H16N3S.5Ir/c1-20-31-26-17-9-16-25(28(26)33-20)29-30-18-19-32(29)27-23(21-10-4-2-5-11-21)14-8-15-24(27)22-12-6-3-7-13-22;1-16-14-20(19-8-5-4-6-9-19)15-17(2)23(16)28-13-12-26-25(28)21-10-7-11-22-24(21)29-18(3)27-22;1-14(2)17-8-6-9-18(15(3)4)21(17)26-13-12-24-23(26)19-10-7-11-20-22(19)27-16(5)25-20;1-12-10-13(2)18(14(3)11-12)23-9-8-21-20(23)16-6-5-7-17-19(16)24-15(4)22-17;1-12-6-4-7-13(2)17(12)22-11-10-20-19(22)15-8-5-9-16-18(15)23-14(3)21-16;;;;;/h2-15,17-19H,1H3;4-9,11-15H,1-3H3;6-9,11-15H,1-5H3;5,7-11H,1-4H3;4-7,9-11H,1-3H3;;;;;/q5*-1;;;;;. The summed E-state index contributed by atoms with van der Waals surface area (Å²) in [5.41, 5.74) is 34.4. The number of aryl methyl sites for hydroxylation is 12. The van der Waals surface area contributed by atoms with Crippen LogP contribution < -0.4 is 0 Å². The summed E-state index contributed by atoms with van der Waals surface area (Å²) in [5.74, 6) is 5.39. The second kappa shape index (κ2) is 46.3. The van der Waals surface area contributed by atoms with Gasteiger partial charge in [-0.1, -0.05) is 219 Å². The van der Waals surface area contributed by atoms with E-state index < -0.39 is 0 Å². The predicted molar refractivity (Wildman–Crippen MR) is 566 cm³/mol. The fraction of sp³-hybridized carbons (Fsp3) is 0.155. The van der Waals surface area contributed by atoms with Crippen LogP contribution in [-0.4, -0.2) is 72.7 Å². The van der Waals surface area contributed by atoms with Crippen LogP contribution in [0.2, 0.25) is 0 Å². The summed E-state index contributed by atoms with van der Waals surface area (Å²) in [6.07, 6.45) is 19.5. The Bertz CT molecular complexity index is 8170. The van der Waals surface area contributed by atoms with Gasteiger partial charge in [-0.15, -0.1) is 91.0 Å². The smallest absolute Gasteiger partial charge is 0.0796 e. The maximum Gasteiger partial charge on any atom is 0.0796 e. The minimum absolute atomic E-state index is 0. The van der Waals surface area contributed by atoms with Crippen LogP contribution in [0.5, 0.6) is 0 Å².